The Balaban J connectivity index is 2.94. The number of benzene rings is 1. The van der Waals surface area contributed by atoms with Gasteiger partial charge < -0.3 is 0 Å². The molecule has 0 fully saturated rings. The largest absolute Gasteiger partial charge is 0.0909 e. The number of rotatable bonds is 3. The molecule has 0 aliphatic carbocycles. The zero-order chi connectivity index (χ0) is 12.1. The van der Waals surface area contributed by atoms with Crippen LogP contribution in [0.1, 0.15) is 31.9 Å². The number of aryl methyl sites for hydroxylation is 1. The average Bonchev–Trinajstić information content (AvgIpc) is 2.28. The van der Waals surface area contributed by atoms with Crippen molar-refractivity contribution in [3.63, 3.8) is 0 Å². The van der Waals surface area contributed by atoms with E-state index in [1.807, 2.05) is 6.92 Å². The van der Waals surface area contributed by atoms with Crippen molar-refractivity contribution < 1.29 is 0 Å². The monoisotopic (exact) mass is 212 g/mol. The second-order valence-corrected chi connectivity index (χ2v) is 4.20. The van der Waals surface area contributed by atoms with Crippen molar-refractivity contribution in [3.05, 3.63) is 65.3 Å². The normalized spacial score (nSPS) is 12.8. The van der Waals surface area contributed by atoms with E-state index in [4.69, 9.17) is 0 Å². The van der Waals surface area contributed by atoms with Crippen molar-refractivity contribution in [2.24, 2.45) is 0 Å². The maximum atomic E-state index is 4.15. The van der Waals surface area contributed by atoms with Gasteiger partial charge in [0.25, 0.3) is 0 Å². The van der Waals surface area contributed by atoms with Gasteiger partial charge in [0.05, 0.1) is 0 Å². The highest BCUT2D eigenvalue weighted by Gasteiger charge is 2.00. The smallest absolute Gasteiger partial charge is 0.0187 e. The Bertz CT molecular complexity index is 428. The summed E-state index contributed by atoms with van der Waals surface area (Å²) in [6.45, 7) is 12.5. The molecule has 0 atom stereocenters. The topological polar surface area (TPSA) is 0 Å². The summed E-state index contributed by atoms with van der Waals surface area (Å²) in [5.41, 5.74) is 6.07. The fourth-order valence-electron chi connectivity index (χ4n) is 1.49. The molecule has 0 aliphatic rings. The molecule has 0 heteroatoms. The third kappa shape index (κ3) is 3.23. The third-order valence-electron chi connectivity index (χ3n) is 2.78. The fraction of sp³-hybridized carbons (Fsp3) is 0.250. The molecule has 1 rings (SSSR count). The van der Waals surface area contributed by atoms with Crippen molar-refractivity contribution in [1.82, 2.24) is 0 Å². The molecular weight excluding hydrogens is 192 g/mol. The minimum Gasteiger partial charge on any atom is -0.0909 e. The van der Waals surface area contributed by atoms with Gasteiger partial charge in [-0.2, -0.15) is 0 Å². The van der Waals surface area contributed by atoms with Gasteiger partial charge >= 0.3 is 0 Å². The predicted octanol–water partition coefficient (Wildman–Crippen LogP) is 4.92. The van der Waals surface area contributed by atoms with Gasteiger partial charge in [0.2, 0.25) is 0 Å². The van der Waals surface area contributed by atoms with Crippen molar-refractivity contribution in [2.45, 2.75) is 27.7 Å². The predicted molar refractivity (Wildman–Crippen MR) is 73.4 cm³/mol. The third-order valence-corrected chi connectivity index (χ3v) is 2.78. The van der Waals surface area contributed by atoms with Gasteiger partial charge in [-0.1, -0.05) is 54.1 Å². The minimum atomic E-state index is 1.10. The molecule has 0 radical (unpaired) electrons. The molecule has 0 spiro atoms. The van der Waals surface area contributed by atoms with Gasteiger partial charge in [-0.3, -0.25) is 0 Å². The average molecular weight is 212 g/mol. The van der Waals surface area contributed by atoms with E-state index in [9.17, 15) is 0 Å². The van der Waals surface area contributed by atoms with Crippen molar-refractivity contribution >= 4 is 5.57 Å². The SMILES string of the molecule is C=C(/C(C)=C\C(C)=C/C)c1ccc(C)cc1. The maximum absolute atomic E-state index is 4.15. The van der Waals surface area contributed by atoms with Gasteiger partial charge in [-0.25, -0.2) is 0 Å². The Morgan fingerprint density at radius 2 is 1.69 bits per heavy atom. The summed E-state index contributed by atoms with van der Waals surface area (Å²) in [6.07, 6.45) is 4.27. The summed E-state index contributed by atoms with van der Waals surface area (Å²) >= 11 is 0. The van der Waals surface area contributed by atoms with E-state index in [1.165, 1.54) is 22.3 Å². The van der Waals surface area contributed by atoms with Gasteiger partial charge in [0.1, 0.15) is 0 Å². The van der Waals surface area contributed by atoms with Gasteiger partial charge in [-0.15, -0.1) is 0 Å². The second-order valence-electron chi connectivity index (χ2n) is 4.20. The molecule has 0 saturated carbocycles. The Labute approximate surface area is 99.0 Å². The fourth-order valence-corrected chi connectivity index (χ4v) is 1.49. The van der Waals surface area contributed by atoms with Crippen LogP contribution in [0.3, 0.4) is 0 Å². The van der Waals surface area contributed by atoms with E-state index in [0.29, 0.717) is 0 Å². The lowest BCUT2D eigenvalue weighted by atomic mass is 9.98. The summed E-state index contributed by atoms with van der Waals surface area (Å²) in [5.74, 6) is 0. The van der Waals surface area contributed by atoms with Crippen molar-refractivity contribution in [3.8, 4) is 0 Å². The summed E-state index contributed by atoms with van der Waals surface area (Å²) in [5, 5.41) is 0. The van der Waals surface area contributed by atoms with E-state index < -0.39 is 0 Å². The Kier molecular flexibility index (Phi) is 4.30. The lowest BCUT2D eigenvalue weighted by Crippen LogP contribution is -1.86. The summed E-state index contributed by atoms with van der Waals surface area (Å²) in [7, 11) is 0. The van der Waals surface area contributed by atoms with E-state index in [2.05, 4.69) is 63.8 Å². The van der Waals surface area contributed by atoms with Crippen LogP contribution < -0.4 is 0 Å². The molecule has 0 nitrogen and oxygen atoms in total. The van der Waals surface area contributed by atoms with Gasteiger partial charge in [0, 0.05) is 0 Å². The molecular formula is C16H20. The molecule has 1 aromatic carbocycles. The number of allylic oxidation sites excluding steroid dienone is 5. The lowest BCUT2D eigenvalue weighted by Gasteiger charge is -2.07. The molecule has 0 bridgehead atoms. The molecule has 84 valence electrons. The molecule has 0 aromatic heterocycles. The van der Waals surface area contributed by atoms with Crippen molar-refractivity contribution in [1.29, 1.82) is 0 Å². The first-order valence-electron chi connectivity index (χ1n) is 5.62. The molecule has 0 heterocycles. The first-order chi connectivity index (χ1) is 7.54. The molecule has 16 heavy (non-hydrogen) atoms. The Morgan fingerprint density at radius 3 is 2.19 bits per heavy atom. The highest BCUT2D eigenvalue weighted by molar-refractivity contribution is 5.77. The summed E-state index contributed by atoms with van der Waals surface area (Å²) in [4.78, 5) is 0. The molecule has 0 amide bonds. The molecule has 0 unspecified atom stereocenters. The second kappa shape index (κ2) is 5.50. The number of hydrogen-bond donors (Lipinski definition) is 0. The van der Waals surface area contributed by atoms with E-state index in [-0.39, 0.29) is 0 Å². The molecule has 0 aliphatic heterocycles. The first-order valence-corrected chi connectivity index (χ1v) is 5.62. The molecule has 1 aromatic rings. The number of hydrogen-bond acceptors (Lipinski definition) is 0. The van der Waals surface area contributed by atoms with Crippen LogP contribution in [-0.2, 0) is 0 Å². The summed E-state index contributed by atoms with van der Waals surface area (Å²) < 4.78 is 0. The highest BCUT2D eigenvalue weighted by Crippen LogP contribution is 2.22. The Morgan fingerprint density at radius 1 is 1.12 bits per heavy atom. The van der Waals surface area contributed by atoms with Crippen LogP contribution in [0.15, 0.2) is 54.1 Å². The van der Waals surface area contributed by atoms with Gasteiger partial charge in [-0.05, 0) is 44.4 Å². The minimum absolute atomic E-state index is 1.10. The van der Waals surface area contributed by atoms with Crippen LogP contribution in [-0.4, -0.2) is 0 Å². The molecule has 0 saturated heterocycles. The van der Waals surface area contributed by atoms with Crippen LogP contribution in [0.5, 0.6) is 0 Å². The quantitative estimate of drug-likeness (QED) is 0.624. The van der Waals surface area contributed by atoms with Gasteiger partial charge in [0.15, 0.2) is 0 Å². The van der Waals surface area contributed by atoms with Crippen LogP contribution in [0.2, 0.25) is 0 Å². The first kappa shape index (κ1) is 12.5. The maximum Gasteiger partial charge on any atom is -0.0187 e. The van der Waals surface area contributed by atoms with E-state index in [1.54, 1.807) is 0 Å². The summed E-state index contributed by atoms with van der Waals surface area (Å²) in [6, 6.07) is 8.49. The van der Waals surface area contributed by atoms with Crippen LogP contribution >= 0.6 is 0 Å². The van der Waals surface area contributed by atoms with Crippen LogP contribution in [0, 0.1) is 6.92 Å². The Hall–Kier alpha value is -1.56. The molecule has 0 N–H and O–H groups in total. The lowest BCUT2D eigenvalue weighted by molar-refractivity contribution is 1.40. The standard InChI is InChI=1S/C16H20/c1-6-12(2)11-14(4)15(5)16-9-7-13(3)8-10-16/h6-11H,5H2,1-4H3/b12-6-,14-11-. The highest BCUT2D eigenvalue weighted by atomic mass is 14.1. The zero-order valence-corrected chi connectivity index (χ0v) is 10.7. The van der Waals surface area contributed by atoms with E-state index in [0.717, 1.165) is 5.57 Å². The van der Waals surface area contributed by atoms with Crippen LogP contribution in [0.4, 0.5) is 0 Å². The zero-order valence-electron chi connectivity index (χ0n) is 10.7. The van der Waals surface area contributed by atoms with Crippen molar-refractivity contribution in [2.75, 3.05) is 0 Å². The van der Waals surface area contributed by atoms with Crippen LogP contribution in [0.25, 0.3) is 5.57 Å². The van der Waals surface area contributed by atoms with E-state index >= 15 is 0 Å².